The lowest BCUT2D eigenvalue weighted by Gasteiger charge is -2.08. The van der Waals surface area contributed by atoms with E-state index in [2.05, 4.69) is 10.4 Å². The van der Waals surface area contributed by atoms with Gasteiger partial charge in [-0.05, 0) is 12.1 Å². The van der Waals surface area contributed by atoms with Crippen LogP contribution in [0.5, 0.6) is 0 Å². The zero-order chi connectivity index (χ0) is 15.4. The summed E-state index contributed by atoms with van der Waals surface area (Å²) in [6, 6.07) is 8.90. The molecule has 7 nitrogen and oxygen atoms in total. The molecule has 21 heavy (non-hydrogen) atoms. The minimum Gasteiger partial charge on any atom is -0.389 e. The van der Waals surface area contributed by atoms with Crippen LogP contribution in [0.15, 0.2) is 46.0 Å². The standard InChI is InChI=1S/C13H12N4O3S/c14-13(21)8-2-1-3-9(6-8)15-11(19)7-17-12(20)5-4-10(18)16-17/h1-6H,7H2,(H2,14,21)(H,15,19)(H,16,18). The normalized spacial score (nSPS) is 10.1. The molecule has 1 amide bonds. The van der Waals surface area contributed by atoms with Crippen molar-refractivity contribution in [3.8, 4) is 0 Å². The first-order valence-electron chi connectivity index (χ1n) is 5.95. The van der Waals surface area contributed by atoms with Gasteiger partial charge >= 0.3 is 0 Å². The first kappa shape index (κ1) is 14.7. The second-order valence-corrected chi connectivity index (χ2v) is 4.67. The quantitative estimate of drug-likeness (QED) is 0.678. The maximum atomic E-state index is 11.9. The van der Waals surface area contributed by atoms with Crippen LogP contribution in [0.4, 0.5) is 5.69 Å². The molecule has 0 aliphatic rings. The van der Waals surface area contributed by atoms with Crippen LogP contribution in [-0.4, -0.2) is 20.7 Å². The molecule has 1 aromatic carbocycles. The number of carbonyl (C=O) groups excluding carboxylic acids is 1. The average Bonchev–Trinajstić information content (AvgIpc) is 2.43. The molecule has 0 aliphatic carbocycles. The van der Waals surface area contributed by atoms with E-state index in [4.69, 9.17) is 18.0 Å². The molecule has 2 aromatic rings. The van der Waals surface area contributed by atoms with Crippen LogP contribution < -0.4 is 22.2 Å². The molecule has 2 rings (SSSR count). The summed E-state index contributed by atoms with van der Waals surface area (Å²) in [5.41, 5.74) is 5.69. The van der Waals surface area contributed by atoms with E-state index in [-0.39, 0.29) is 11.5 Å². The number of amides is 1. The maximum absolute atomic E-state index is 11.9. The third-order valence-corrected chi connectivity index (χ3v) is 2.86. The summed E-state index contributed by atoms with van der Waals surface area (Å²) < 4.78 is 0.926. The lowest BCUT2D eigenvalue weighted by molar-refractivity contribution is -0.117. The van der Waals surface area contributed by atoms with Gasteiger partial charge in [0.05, 0.1) is 0 Å². The number of aromatic amines is 1. The van der Waals surface area contributed by atoms with E-state index in [1.807, 2.05) is 0 Å². The van der Waals surface area contributed by atoms with E-state index < -0.39 is 17.0 Å². The fourth-order valence-corrected chi connectivity index (χ4v) is 1.80. The Morgan fingerprint density at radius 1 is 1.29 bits per heavy atom. The van der Waals surface area contributed by atoms with E-state index in [9.17, 15) is 14.4 Å². The number of benzene rings is 1. The summed E-state index contributed by atoms with van der Waals surface area (Å²) in [5, 5.41) is 4.87. The van der Waals surface area contributed by atoms with E-state index in [1.165, 1.54) is 0 Å². The number of nitrogens with one attached hydrogen (secondary N) is 2. The highest BCUT2D eigenvalue weighted by Gasteiger charge is 2.06. The number of H-pyrrole nitrogens is 1. The Morgan fingerprint density at radius 3 is 2.76 bits per heavy atom. The number of hydrogen-bond acceptors (Lipinski definition) is 4. The van der Waals surface area contributed by atoms with Crippen molar-refractivity contribution in [1.82, 2.24) is 9.78 Å². The summed E-state index contributed by atoms with van der Waals surface area (Å²) in [7, 11) is 0. The molecule has 108 valence electrons. The topological polar surface area (TPSA) is 110 Å². The number of aromatic nitrogens is 2. The lowest BCUT2D eigenvalue weighted by atomic mass is 10.2. The molecule has 0 unspecified atom stereocenters. The minimum absolute atomic E-state index is 0.217. The molecule has 0 radical (unpaired) electrons. The van der Waals surface area contributed by atoms with Crippen molar-refractivity contribution >= 4 is 28.8 Å². The van der Waals surface area contributed by atoms with Gasteiger partial charge in [0.15, 0.2) is 0 Å². The van der Waals surface area contributed by atoms with Crippen molar-refractivity contribution in [2.24, 2.45) is 5.73 Å². The van der Waals surface area contributed by atoms with Gasteiger partial charge in [-0.25, -0.2) is 4.68 Å². The Morgan fingerprint density at radius 2 is 2.05 bits per heavy atom. The van der Waals surface area contributed by atoms with E-state index >= 15 is 0 Å². The fourth-order valence-electron chi connectivity index (χ4n) is 1.67. The highest BCUT2D eigenvalue weighted by Crippen LogP contribution is 2.10. The highest BCUT2D eigenvalue weighted by atomic mass is 32.1. The Labute approximate surface area is 124 Å². The van der Waals surface area contributed by atoms with Gasteiger partial charge in [0.2, 0.25) is 5.91 Å². The van der Waals surface area contributed by atoms with Gasteiger partial charge in [0, 0.05) is 23.4 Å². The Balaban J connectivity index is 2.13. The van der Waals surface area contributed by atoms with Crippen LogP contribution in [0, 0.1) is 0 Å². The van der Waals surface area contributed by atoms with Gasteiger partial charge in [-0.1, -0.05) is 24.4 Å². The van der Waals surface area contributed by atoms with Crippen molar-refractivity contribution in [1.29, 1.82) is 0 Å². The molecule has 0 fully saturated rings. The molecule has 8 heteroatoms. The molecule has 4 N–H and O–H groups in total. The van der Waals surface area contributed by atoms with E-state index in [0.717, 1.165) is 16.8 Å². The van der Waals surface area contributed by atoms with Crippen LogP contribution in [0.25, 0.3) is 0 Å². The Bertz CT molecular complexity index is 809. The first-order valence-corrected chi connectivity index (χ1v) is 6.36. The van der Waals surface area contributed by atoms with Crippen LogP contribution >= 0.6 is 12.2 Å². The molecule has 1 aromatic heterocycles. The fraction of sp³-hybridized carbons (Fsp3) is 0.0769. The third kappa shape index (κ3) is 3.86. The molecule has 0 saturated heterocycles. The zero-order valence-electron chi connectivity index (χ0n) is 10.8. The number of nitrogens with zero attached hydrogens (tertiary/aromatic N) is 1. The van der Waals surface area contributed by atoms with Gasteiger partial charge in [-0.3, -0.25) is 19.5 Å². The predicted octanol–water partition coefficient (Wildman–Crippen LogP) is -0.191. The van der Waals surface area contributed by atoms with Gasteiger partial charge in [-0.2, -0.15) is 0 Å². The van der Waals surface area contributed by atoms with E-state index in [1.54, 1.807) is 24.3 Å². The Kier molecular flexibility index (Phi) is 4.29. The molecule has 0 aliphatic heterocycles. The molecular weight excluding hydrogens is 292 g/mol. The van der Waals surface area contributed by atoms with Crippen LogP contribution in [0.1, 0.15) is 5.56 Å². The van der Waals surface area contributed by atoms with Crippen molar-refractivity contribution < 1.29 is 4.79 Å². The number of rotatable bonds is 4. The maximum Gasteiger partial charge on any atom is 0.265 e. The SMILES string of the molecule is NC(=S)c1cccc(NC(=O)Cn2[nH]c(=O)ccc2=O)c1. The Hall–Kier alpha value is -2.74. The second-order valence-electron chi connectivity index (χ2n) is 4.23. The van der Waals surface area contributed by atoms with Crippen molar-refractivity contribution in [3.05, 3.63) is 62.7 Å². The largest absolute Gasteiger partial charge is 0.389 e. The number of hydrogen-bond donors (Lipinski definition) is 3. The van der Waals surface area contributed by atoms with Crippen LogP contribution in [0.2, 0.25) is 0 Å². The number of nitrogens with two attached hydrogens (primary N) is 1. The molecule has 0 atom stereocenters. The van der Waals surface area contributed by atoms with Crippen LogP contribution in [0.3, 0.4) is 0 Å². The summed E-state index contributed by atoms with van der Waals surface area (Å²) >= 11 is 4.85. The van der Waals surface area contributed by atoms with Crippen molar-refractivity contribution in [2.45, 2.75) is 6.54 Å². The molecule has 0 saturated carbocycles. The van der Waals surface area contributed by atoms with E-state index in [0.29, 0.717) is 11.3 Å². The summed E-state index contributed by atoms with van der Waals surface area (Å²) in [6.45, 7) is -0.299. The zero-order valence-corrected chi connectivity index (χ0v) is 11.6. The number of thiocarbonyl (C=S) groups is 1. The highest BCUT2D eigenvalue weighted by molar-refractivity contribution is 7.80. The monoisotopic (exact) mass is 304 g/mol. The summed E-state index contributed by atoms with van der Waals surface area (Å²) in [5.74, 6) is -0.459. The summed E-state index contributed by atoms with van der Waals surface area (Å²) in [6.07, 6.45) is 0. The van der Waals surface area contributed by atoms with Gasteiger partial charge in [-0.15, -0.1) is 0 Å². The smallest absolute Gasteiger partial charge is 0.265 e. The summed E-state index contributed by atoms with van der Waals surface area (Å²) in [4.78, 5) is 34.7. The van der Waals surface area contributed by atoms with Crippen molar-refractivity contribution in [3.63, 3.8) is 0 Å². The predicted molar refractivity (Wildman–Crippen MR) is 82.3 cm³/mol. The van der Waals surface area contributed by atoms with Crippen molar-refractivity contribution in [2.75, 3.05) is 5.32 Å². The minimum atomic E-state index is -0.471. The van der Waals surface area contributed by atoms with Gasteiger partial charge in [0.25, 0.3) is 11.1 Å². The molecule has 0 spiro atoms. The van der Waals surface area contributed by atoms with Crippen LogP contribution in [-0.2, 0) is 11.3 Å². The van der Waals surface area contributed by atoms with Gasteiger partial charge in [0.1, 0.15) is 11.5 Å². The second kappa shape index (κ2) is 6.14. The number of anilines is 1. The molecule has 0 bridgehead atoms. The average molecular weight is 304 g/mol. The lowest BCUT2D eigenvalue weighted by Crippen LogP contribution is -2.32. The molecular formula is C13H12N4O3S. The van der Waals surface area contributed by atoms with Gasteiger partial charge < -0.3 is 11.1 Å². The first-order chi connectivity index (χ1) is 9.95. The third-order valence-electron chi connectivity index (χ3n) is 2.62. The number of carbonyl (C=O) groups is 1. The molecule has 1 heterocycles.